The second-order valence-corrected chi connectivity index (χ2v) is 9.83. The molecule has 158 valence electrons. The molecule has 1 aliphatic rings. The van der Waals surface area contributed by atoms with Crippen LogP contribution in [0.25, 0.3) is 0 Å². The largest absolute Gasteiger partial charge is 0.497 e. The van der Waals surface area contributed by atoms with Crippen LogP contribution in [-0.2, 0) is 14.8 Å². The number of quaternary nitrogens is 1. The second-order valence-electron chi connectivity index (χ2n) is 7.89. The number of ether oxygens (including phenoxy) is 1. The van der Waals surface area contributed by atoms with E-state index < -0.39 is 10.0 Å². The minimum Gasteiger partial charge on any atom is -0.497 e. The Morgan fingerprint density at radius 2 is 1.54 bits per heavy atom. The van der Waals surface area contributed by atoms with Crippen LogP contribution < -0.4 is 9.64 Å². The van der Waals surface area contributed by atoms with E-state index >= 15 is 0 Å². The molecular formula is C20H34N3O4S+. The van der Waals surface area contributed by atoms with Crippen molar-refractivity contribution in [3.8, 4) is 5.75 Å². The minimum absolute atomic E-state index is 0.131. The molecule has 1 N–H and O–H groups in total. The first-order valence-corrected chi connectivity index (χ1v) is 11.3. The predicted octanol–water partition coefficient (Wildman–Crippen LogP) is 0.618. The van der Waals surface area contributed by atoms with Gasteiger partial charge in [-0.15, -0.1) is 0 Å². The van der Waals surface area contributed by atoms with Crippen molar-refractivity contribution in [2.75, 3.05) is 33.3 Å². The first kappa shape index (κ1) is 22.6. The summed E-state index contributed by atoms with van der Waals surface area (Å²) in [6, 6.07) is 6.56. The van der Waals surface area contributed by atoms with Crippen LogP contribution in [-0.4, -0.2) is 74.9 Å². The van der Waals surface area contributed by atoms with Crippen molar-refractivity contribution >= 4 is 15.9 Å². The quantitative estimate of drug-likeness (QED) is 0.713. The molecule has 1 fully saturated rings. The van der Waals surface area contributed by atoms with Crippen LogP contribution in [0.1, 0.15) is 34.6 Å². The molecule has 7 nitrogen and oxygen atoms in total. The highest BCUT2D eigenvalue weighted by Gasteiger charge is 2.37. The SMILES string of the molecule is COc1ccc(S(=O)(=O)N2CC[NH+]([C@@H](C)C(=O)N(C(C)C)C(C)C)CC2)cc1. The number of benzene rings is 1. The molecule has 1 saturated heterocycles. The number of carbonyl (C=O) groups is 1. The maximum absolute atomic E-state index is 12.9. The second kappa shape index (κ2) is 9.24. The van der Waals surface area contributed by atoms with Gasteiger partial charge in [0.25, 0.3) is 5.91 Å². The summed E-state index contributed by atoms with van der Waals surface area (Å²) in [6.07, 6.45) is 0. The van der Waals surface area contributed by atoms with Gasteiger partial charge in [0.1, 0.15) is 5.75 Å². The first-order valence-electron chi connectivity index (χ1n) is 9.90. The van der Waals surface area contributed by atoms with Gasteiger partial charge >= 0.3 is 0 Å². The van der Waals surface area contributed by atoms with Gasteiger partial charge in [-0.1, -0.05) is 0 Å². The van der Waals surface area contributed by atoms with Crippen LogP contribution in [0, 0.1) is 0 Å². The van der Waals surface area contributed by atoms with E-state index in [1.165, 1.54) is 4.31 Å². The fourth-order valence-corrected chi connectivity index (χ4v) is 5.29. The van der Waals surface area contributed by atoms with E-state index in [0.29, 0.717) is 31.9 Å². The number of carbonyl (C=O) groups excluding carboxylic acids is 1. The third-order valence-electron chi connectivity index (χ3n) is 5.41. The molecule has 1 atom stereocenters. The van der Waals surface area contributed by atoms with E-state index in [1.807, 2.05) is 39.5 Å². The fraction of sp³-hybridized carbons (Fsp3) is 0.650. The van der Waals surface area contributed by atoms with Crippen molar-refractivity contribution in [1.82, 2.24) is 9.21 Å². The monoisotopic (exact) mass is 412 g/mol. The van der Waals surface area contributed by atoms with Gasteiger partial charge < -0.3 is 14.5 Å². The minimum atomic E-state index is -3.53. The molecule has 0 saturated carbocycles. The number of nitrogens with one attached hydrogen (secondary N) is 1. The van der Waals surface area contributed by atoms with Crippen LogP contribution in [0.4, 0.5) is 0 Å². The Labute approximate surface area is 169 Å². The molecule has 1 amide bonds. The highest BCUT2D eigenvalue weighted by Crippen LogP contribution is 2.19. The Balaban J connectivity index is 2.03. The van der Waals surface area contributed by atoms with Gasteiger partial charge in [-0.2, -0.15) is 4.31 Å². The Kier molecular flexibility index (Phi) is 7.47. The molecule has 0 aromatic heterocycles. The molecule has 1 aliphatic heterocycles. The van der Waals surface area contributed by atoms with Gasteiger partial charge in [-0.25, -0.2) is 8.42 Å². The lowest BCUT2D eigenvalue weighted by atomic mass is 10.1. The van der Waals surface area contributed by atoms with Crippen molar-refractivity contribution in [1.29, 1.82) is 0 Å². The Morgan fingerprint density at radius 1 is 1.04 bits per heavy atom. The average molecular weight is 413 g/mol. The summed E-state index contributed by atoms with van der Waals surface area (Å²) in [6.45, 7) is 12.1. The van der Waals surface area contributed by atoms with E-state index in [4.69, 9.17) is 4.74 Å². The molecule has 0 spiro atoms. The van der Waals surface area contributed by atoms with Gasteiger partial charge in [-0.05, 0) is 58.9 Å². The summed E-state index contributed by atoms with van der Waals surface area (Å²) in [5, 5.41) is 0. The number of hydrogen-bond donors (Lipinski definition) is 1. The van der Waals surface area contributed by atoms with E-state index in [9.17, 15) is 13.2 Å². The molecule has 1 aromatic carbocycles. The standard InChI is InChI=1S/C20H33N3O4S/c1-15(2)23(16(3)4)20(24)17(5)21-11-13-22(14-12-21)28(25,26)19-9-7-18(27-6)8-10-19/h7-10,15-17H,11-14H2,1-6H3/p+1/t17-/m0/s1. The lowest BCUT2D eigenvalue weighted by molar-refractivity contribution is -0.918. The topological polar surface area (TPSA) is 71.4 Å². The van der Waals surface area contributed by atoms with Gasteiger partial charge in [-0.3, -0.25) is 4.79 Å². The molecule has 2 rings (SSSR count). The number of methoxy groups -OCH3 is 1. The van der Waals surface area contributed by atoms with E-state index in [-0.39, 0.29) is 28.9 Å². The van der Waals surface area contributed by atoms with Crippen LogP contribution in [0.15, 0.2) is 29.2 Å². The number of rotatable bonds is 7. The van der Waals surface area contributed by atoms with Crippen molar-refractivity contribution in [3.63, 3.8) is 0 Å². The summed E-state index contributed by atoms with van der Waals surface area (Å²) in [7, 11) is -1.98. The molecule has 8 heteroatoms. The Bertz CT molecular complexity index is 746. The summed E-state index contributed by atoms with van der Waals surface area (Å²) in [5.74, 6) is 0.756. The number of amides is 1. The third-order valence-corrected chi connectivity index (χ3v) is 7.32. The Morgan fingerprint density at radius 3 is 1.96 bits per heavy atom. The van der Waals surface area contributed by atoms with Crippen LogP contribution >= 0.6 is 0 Å². The number of hydrogen-bond acceptors (Lipinski definition) is 4. The van der Waals surface area contributed by atoms with E-state index in [2.05, 4.69) is 0 Å². The van der Waals surface area contributed by atoms with Crippen LogP contribution in [0.5, 0.6) is 5.75 Å². The predicted molar refractivity (Wildman–Crippen MR) is 109 cm³/mol. The molecule has 0 unspecified atom stereocenters. The van der Waals surface area contributed by atoms with Crippen molar-refractivity contribution < 1.29 is 22.8 Å². The normalized spacial score (nSPS) is 17.7. The zero-order chi connectivity index (χ0) is 21.1. The van der Waals surface area contributed by atoms with Crippen molar-refractivity contribution in [2.24, 2.45) is 0 Å². The highest BCUT2D eigenvalue weighted by atomic mass is 32.2. The van der Waals surface area contributed by atoms with Crippen molar-refractivity contribution in [2.45, 2.75) is 57.6 Å². The number of piperazine rings is 1. The summed E-state index contributed by atoms with van der Waals surface area (Å²) in [5.41, 5.74) is 0. The highest BCUT2D eigenvalue weighted by molar-refractivity contribution is 7.89. The van der Waals surface area contributed by atoms with Gasteiger partial charge in [0.15, 0.2) is 6.04 Å². The molecule has 0 bridgehead atoms. The van der Waals surface area contributed by atoms with E-state index in [1.54, 1.807) is 31.4 Å². The fourth-order valence-electron chi connectivity index (χ4n) is 3.85. The average Bonchev–Trinajstić information content (AvgIpc) is 2.67. The third kappa shape index (κ3) is 4.85. The van der Waals surface area contributed by atoms with Crippen molar-refractivity contribution in [3.05, 3.63) is 24.3 Å². The van der Waals surface area contributed by atoms with Gasteiger partial charge in [0, 0.05) is 12.1 Å². The zero-order valence-corrected chi connectivity index (χ0v) is 18.6. The smallest absolute Gasteiger partial charge is 0.281 e. The summed E-state index contributed by atoms with van der Waals surface area (Å²) >= 11 is 0. The lowest BCUT2D eigenvalue weighted by Gasteiger charge is -2.38. The maximum Gasteiger partial charge on any atom is 0.281 e. The molecular weight excluding hydrogens is 378 g/mol. The molecule has 1 aromatic rings. The van der Waals surface area contributed by atoms with Crippen LogP contribution in [0.2, 0.25) is 0 Å². The Hall–Kier alpha value is -1.64. The summed E-state index contributed by atoms with van der Waals surface area (Å²) < 4.78 is 32.4. The van der Waals surface area contributed by atoms with Crippen LogP contribution in [0.3, 0.4) is 0 Å². The molecule has 1 heterocycles. The number of sulfonamides is 1. The zero-order valence-electron chi connectivity index (χ0n) is 17.8. The molecule has 0 radical (unpaired) electrons. The number of nitrogens with zero attached hydrogens (tertiary/aromatic N) is 2. The summed E-state index contributed by atoms with van der Waals surface area (Å²) in [4.78, 5) is 16.3. The molecule has 28 heavy (non-hydrogen) atoms. The van der Waals surface area contributed by atoms with E-state index in [0.717, 1.165) is 4.90 Å². The van der Waals surface area contributed by atoms with Gasteiger partial charge in [0.2, 0.25) is 10.0 Å². The van der Waals surface area contributed by atoms with Gasteiger partial charge in [0.05, 0.1) is 38.2 Å². The lowest BCUT2D eigenvalue weighted by Crippen LogP contribution is -3.19. The maximum atomic E-state index is 12.9. The first-order chi connectivity index (χ1) is 13.1. The molecule has 0 aliphatic carbocycles.